The maximum Gasteiger partial charge on any atom is 1.00 e. The molecule has 0 atom stereocenters. The van der Waals surface area contributed by atoms with Crippen LogP contribution >= 0.6 is 4.25 Å². The topological polar surface area (TPSA) is 31.5 Å². The van der Waals surface area contributed by atoms with Gasteiger partial charge in [-0.2, -0.15) is 0 Å². The molecule has 0 aromatic heterocycles. The normalized spacial score (nSPS) is 1.50. The van der Waals surface area contributed by atoms with Crippen molar-refractivity contribution in [1.29, 1.82) is 0 Å². The van der Waals surface area contributed by atoms with Crippen molar-refractivity contribution in [2.45, 2.75) is 0 Å². The van der Waals surface area contributed by atoms with Gasteiger partial charge in [0.15, 0.2) is 0 Å². The van der Waals surface area contributed by atoms with Crippen LogP contribution in [0.25, 0.3) is 0 Å². The van der Waals surface area contributed by atoms with Crippen LogP contribution in [0.4, 0.5) is 0 Å². The van der Waals surface area contributed by atoms with Crippen molar-refractivity contribution in [3.63, 3.8) is 0 Å². The molecule has 7 radical (unpaired) electrons. The maximum atomic E-state index is 4.83. The minimum Gasteiger partial charge on any atom is 1.00 e. The van der Waals surface area contributed by atoms with Gasteiger partial charge in [-0.25, -0.2) is 0 Å². The molecule has 0 aliphatic heterocycles. The summed E-state index contributed by atoms with van der Waals surface area (Å²) >= 11 is 0.500. The van der Waals surface area contributed by atoms with Crippen LogP contribution in [-0.2, 0) is 0 Å². The predicted molar refractivity (Wildman–Crippen MR) is 15.2 cm³/mol. The zero-order chi connectivity index (χ0) is 2.00. The number of hydrogen-bond donors (Lipinski definition) is 0. The van der Waals surface area contributed by atoms with E-state index in [1.165, 1.54) is 0 Å². The molecule has 0 aromatic rings. The molecular formula is H2BaClNaO+3. The Morgan fingerprint density at radius 3 is 1.25 bits per heavy atom. The van der Waals surface area contributed by atoms with E-state index in [2.05, 4.69) is 0 Å². The summed E-state index contributed by atoms with van der Waals surface area (Å²) in [5.41, 5.74) is 0. The third kappa shape index (κ3) is 8.84. The van der Waals surface area contributed by atoms with Gasteiger partial charge in [-0.15, -0.1) is 0 Å². The Bertz CT molecular complexity index is 8.00. The van der Waals surface area contributed by atoms with E-state index in [-0.39, 0.29) is 35.0 Å². The summed E-state index contributed by atoms with van der Waals surface area (Å²) in [6.45, 7) is 0. The van der Waals surface area contributed by atoms with Crippen LogP contribution < -0.4 is 29.6 Å². The van der Waals surface area contributed by atoms with Crippen molar-refractivity contribution in [1.82, 2.24) is 0 Å². The van der Waals surface area contributed by atoms with E-state index >= 15 is 0 Å². The Morgan fingerprint density at radius 2 is 1.25 bits per heavy atom. The minimum absolute atomic E-state index is 0. The van der Waals surface area contributed by atoms with Gasteiger partial charge in [-0.3, -0.25) is 0 Å². The van der Waals surface area contributed by atoms with Crippen LogP contribution in [0.2, 0.25) is 0 Å². The third-order valence-electron chi connectivity index (χ3n) is 0. The van der Waals surface area contributed by atoms with Crippen LogP contribution in [0, 0.1) is 0 Å². The quantitative estimate of drug-likeness (QED) is 0.374. The summed E-state index contributed by atoms with van der Waals surface area (Å²) in [6, 6.07) is 0. The molecule has 0 bridgehead atoms. The number of rotatable bonds is 0. The Balaban J connectivity index is -0.00000000500. The number of hydrogen-bond acceptors (Lipinski definition) is 0. The van der Waals surface area contributed by atoms with Gasteiger partial charge in [0.25, 0.3) is 0 Å². The van der Waals surface area contributed by atoms with Crippen molar-refractivity contribution in [2.75, 3.05) is 0 Å². The van der Waals surface area contributed by atoms with E-state index in [4.69, 9.17) is 4.25 Å². The third-order valence-corrected chi connectivity index (χ3v) is 0. The zero-order valence-corrected chi connectivity index (χ0v) is 9.78. The van der Waals surface area contributed by atoms with E-state index in [0.29, 0.717) is 44.8 Å². The van der Waals surface area contributed by atoms with Gasteiger partial charge in [0.1, 0.15) is 0 Å². The molecule has 0 aliphatic rings. The number of halogens is 1. The second-order valence-electron chi connectivity index (χ2n) is 0. The molecule has 0 unspecified atom stereocenters. The van der Waals surface area contributed by atoms with Crippen LogP contribution in [0.5, 0.6) is 0 Å². The first-order valence-electron chi connectivity index (χ1n) is 0.267. The van der Waals surface area contributed by atoms with Gasteiger partial charge < -0.3 is 5.48 Å². The molecule has 0 amide bonds. The molecule has 0 heterocycles. The summed E-state index contributed by atoms with van der Waals surface area (Å²) in [6.07, 6.45) is 0. The molecule has 0 aliphatic carbocycles. The molecule has 1 nitrogen and oxygen atoms in total. The summed E-state index contributed by atoms with van der Waals surface area (Å²) in [4.78, 5) is 0. The molecule has 4 heteroatoms. The fourth-order valence-corrected chi connectivity index (χ4v) is 0. The summed E-state index contributed by atoms with van der Waals surface area (Å²) < 4.78 is 4.83. The van der Waals surface area contributed by atoms with E-state index in [1.807, 2.05) is 0 Å². The standard InChI is InChI=1S/Ba.ClH.Na.H2O/h;1H;;1H2/q+3;;+1;/p-1. The van der Waals surface area contributed by atoms with Crippen molar-refractivity contribution in [3.8, 4) is 0 Å². The van der Waals surface area contributed by atoms with Gasteiger partial charge in [0.05, 0.1) is 0 Å². The van der Waals surface area contributed by atoms with Gasteiger partial charge in [-0.05, 0) is 0 Å². The second kappa shape index (κ2) is 17.0. The Hall–Kier alpha value is 2.82. The first-order chi connectivity index (χ1) is 1.00. The molecular weight excluding hydrogens is 212 g/mol. The van der Waals surface area contributed by atoms with E-state index in [1.54, 1.807) is 0 Å². The molecule has 0 fully saturated rings. The average molecular weight is 214 g/mol. The van der Waals surface area contributed by atoms with E-state index in [0.717, 1.165) is 0 Å². The summed E-state index contributed by atoms with van der Waals surface area (Å²) in [5, 5.41) is 0. The molecule has 4 heavy (non-hydrogen) atoms. The Labute approximate surface area is 81.7 Å². The first kappa shape index (κ1) is 15.8. The largest absolute Gasteiger partial charge is 1.00 e. The Morgan fingerprint density at radius 1 is 1.25 bits per heavy atom. The van der Waals surface area contributed by atoms with Crippen LogP contribution in [0.15, 0.2) is 0 Å². The smallest absolute Gasteiger partial charge is 1.00 e. The van der Waals surface area contributed by atoms with Crippen molar-refractivity contribution in [3.05, 3.63) is 0 Å². The van der Waals surface area contributed by atoms with Gasteiger partial charge in [-0.1, -0.05) is 0 Å². The molecule has 2 N–H and O–H groups in total. The molecule has 15 valence electrons. The first-order valence-corrected chi connectivity index (χ1v) is 5.84. The fourth-order valence-electron chi connectivity index (χ4n) is 0. The van der Waals surface area contributed by atoms with Gasteiger partial charge in [0.2, 0.25) is 0 Å². The fraction of sp³-hybridized carbons (Fsp3) is 0. The summed E-state index contributed by atoms with van der Waals surface area (Å²) in [7, 11) is 0. The minimum atomic E-state index is 0. The van der Waals surface area contributed by atoms with Crippen LogP contribution in [-0.4, -0.2) is 50.3 Å². The van der Waals surface area contributed by atoms with E-state index < -0.39 is 0 Å². The van der Waals surface area contributed by atoms with Crippen molar-refractivity contribution >= 4 is 49.0 Å². The molecule has 0 rings (SSSR count). The zero-order valence-electron chi connectivity index (χ0n) is 2.59. The average Bonchev–Trinajstić information content (AvgIpc) is 1.00. The summed E-state index contributed by atoms with van der Waals surface area (Å²) in [5.74, 6) is 0. The molecule has 0 saturated carbocycles. The Kier molecular flexibility index (Phi) is 67.3. The van der Waals surface area contributed by atoms with Gasteiger partial charge >= 0.3 is 78.6 Å². The molecule has 0 saturated heterocycles. The predicted octanol–water partition coefficient (Wildman–Crippen LogP) is -3.51. The van der Waals surface area contributed by atoms with Crippen LogP contribution in [0.1, 0.15) is 0 Å². The SMILES string of the molecule is O.[Cl][Ba+2].[Na+]. The monoisotopic (exact) mass is 214 g/mol. The van der Waals surface area contributed by atoms with Crippen LogP contribution in [0.3, 0.4) is 0 Å². The molecule has 0 aromatic carbocycles. The van der Waals surface area contributed by atoms with Gasteiger partial charge in [0, 0.05) is 0 Å². The molecule has 0 spiro atoms. The van der Waals surface area contributed by atoms with E-state index in [9.17, 15) is 0 Å². The van der Waals surface area contributed by atoms with Crippen molar-refractivity contribution in [2.24, 2.45) is 0 Å². The second-order valence-corrected chi connectivity index (χ2v) is 0. The maximum absolute atomic E-state index is 4.83. The van der Waals surface area contributed by atoms with Crippen molar-refractivity contribution < 1.29 is 35.0 Å².